The molecule has 0 aliphatic heterocycles. The lowest BCUT2D eigenvalue weighted by molar-refractivity contribution is 0.562. The van der Waals surface area contributed by atoms with Crippen molar-refractivity contribution in [2.24, 2.45) is 0 Å². The summed E-state index contributed by atoms with van der Waals surface area (Å²) in [4.78, 5) is 0. The lowest BCUT2D eigenvalue weighted by Gasteiger charge is -2.13. The summed E-state index contributed by atoms with van der Waals surface area (Å²) in [5, 5.41) is 12.2. The molecule has 0 radical (unpaired) electrons. The first-order valence-corrected chi connectivity index (χ1v) is 6.13. The van der Waals surface area contributed by atoms with Gasteiger partial charge in [-0.1, -0.05) is 48.0 Å². The molecule has 3 heteroatoms. The Balaban J connectivity index is 2.09. The van der Waals surface area contributed by atoms with E-state index in [2.05, 4.69) is 11.4 Å². The zero-order chi connectivity index (χ0) is 13.7. The van der Waals surface area contributed by atoms with Gasteiger partial charge in [0.15, 0.2) is 0 Å². The maximum atomic E-state index is 13.6. The predicted octanol–water partition coefficient (Wildman–Crippen LogP) is 3.49. The van der Waals surface area contributed by atoms with Gasteiger partial charge in [-0.2, -0.15) is 5.26 Å². The lowest BCUT2D eigenvalue weighted by atomic mass is 10.1. The summed E-state index contributed by atoms with van der Waals surface area (Å²) < 4.78 is 13.6. The van der Waals surface area contributed by atoms with Crippen LogP contribution in [0.2, 0.25) is 0 Å². The Morgan fingerprint density at radius 1 is 1.21 bits per heavy atom. The van der Waals surface area contributed by atoms with Crippen LogP contribution in [0.25, 0.3) is 0 Å². The zero-order valence-corrected chi connectivity index (χ0v) is 10.7. The van der Waals surface area contributed by atoms with Gasteiger partial charge in [0, 0.05) is 12.1 Å². The molecule has 96 valence electrons. The second-order valence-electron chi connectivity index (χ2n) is 4.45. The van der Waals surface area contributed by atoms with Gasteiger partial charge in [0.05, 0.1) is 6.07 Å². The van der Waals surface area contributed by atoms with Crippen LogP contribution in [-0.2, 0) is 6.54 Å². The van der Waals surface area contributed by atoms with Gasteiger partial charge >= 0.3 is 0 Å². The van der Waals surface area contributed by atoms with E-state index >= 15 is 0 Å². The number of halogens is 1. The Bertz CT molecular complexity index is 602. The summed E-state index contributed by atoms with van der Waals surface area (Å²) >= 11 is 0. The van der Waals surface area contributed by atoms with E-state index in [-0.39, 0.29) is 5.82 Å². The summed E-state index contributed by atoms with van der Waals surface area (Å²) in [6.45, 7) is 2.55. The Labute approximate surface area is 112 Å². The van der Waals surface area contributed by atoms with Gasteiger partial charge in [-0.25, -0.2) is 4.39 Å². The molecule has 0 aromatic heterocycles. The van der Waals surface area contributed by atoms with E-state index in [9.17, 15) is 4.39 Å². The normalized spacial score (nSPS) is 11.8. The number of hydrogen-bond acceptors (Lipinski definition) is 2. The summed E-state index contributed by atoms with van der Waals surface area (Å²) in [5.74, 6) is -0.356. The first kappa shape index (κ1) is 13.3. The van der Waals surface area contributed by atoms with E-state index in [4.69, 9.17) is 5.26 Å². The second kappa shape index (κ2) is 6.12. The molecule has 0 aliphatic rings. The third-order valence-electron chi connectivity index (χ3n) is 2.94. The molecule has 1 unspecified atom stereocenters. The number of nitriles is 1. The van der Waals surface area contributed by atoms with Crippen molar-refractivity contribution in [2.75, 3.05) is 0 Å². The fraction of sp³-hybridized carbons (Fsp3) is 0.188. The van der Waals surface area contributed by atoms with Crippen molar-refractivity contribution in [1.82, 2.24) is 5.32 Å². The summed E-state index contributed by atoms with van der Waals surface area (Å²) in [6.07, 6.45) is 0. The molecule has 2 nitrogen and oxygen atoms in total. The highest BCUT2D eigenvalue weighted by Gasteiger charge is 2.13. The van der Waals surface area contributed by atoms with Gasteiger partial charge in [0.25, 0.3) is 0 Å². The SMILES string of the molecule is Cc1cccc(CNC(C#N)c2ccccc2F)c1. The van der Waals surface area contributed by atoms with Crippen molar-refractivity contribution in [3.05, 3.63) is 71.0 Å². The van der Waals surface area contributed by atoms with E-state index in [0.717, 1.165) is 5.56 Å². The van der Waals surface area contributed by atoms with E-state index in [1.54, 1.807) is 18.2 Å². The monoisotopic (exact) mass is 254 g/mol. The number of benzene rings is 2. The second-order valence-corrected chi connectivity index (χ2v) is 4.45. The Morgan fingerprint density at radius 2 is 2.00 bits per heavy atom. The van der Waals surface area contributed by atoms with Crippen molar-refractivity contribution in [3.8, 4) is 6.07 Å². The molecule has 0 amide bonds. The van der Waals surface area contributed by atoms with Crippen LogP contribution in [0.1, 0.15) is 22.7 Å². The standard InChI is InChI=1S/C16H15FN2/c1-12-5-4-6-13(9-12)11-19-16(10-18)14-7-2-3-8-15(14)17/h2-9,16,19H,11H2,1H3. The van der Waals surface area contributed by atoms with Crippen LogP contribution >= 0.6 is 0 Å². The van der Waals surface area contributed by atoms with Crippen LogP contribution < -0.4 is 5.32 Å². The summed E-state index contributed by atoms with van der Waals surface area (Å²) in [6, 6.07) is 15.8. The summed E-state index contributed by atoms with van der Waals surface area (Å²) in [7, 11) is 0. The Morgan fingerprint density at radius 3 is 2.68 bits per heavy atom. The number of hydrogen-bond donors (Lipinski definition) is 1. The van der Waals surface area contributed by atoms with Gasteiger partial charge in [-0.05, 0) is 18.6 Å². The number of nitrogens with zero attached hydrogens (tertiary/aromatic N) is 1. The first-order chi connectivity index (χ1) is 9.20. The van der Waals surface area contributed by atoms with Gasteiger partial charge < -0.3 is 0 Å². The van der Waals surface area contributed by atoms with Crippen molar-refractivity contribution in [3.63, 3.8) is 0 Å². The molecule has 0 aliphatic carbocycles. The van der Waals surface area contributed by atoms with Gasteiger partial charge in [0.2, 0.25) is 0 Å². The molecule has 2 aromatic rings. The van der Waals surface area contributed by atoms with Crippen LogP contribution in [0.5, 0.6) is 0 Å². The average molecular weight is 254 g/mol. The van der Waals surface area contributed by atoms with E-state index < -0.39 is 6.04 Å². The molecule has 1 atom stereocenters. The molecule has 0 fully saturated rings. The van der Waals surface area contributed by atoms with Crippen molar-refractivity contribution in [1.29, 1.82) is 5.26 Å². The van der Waals surface area contributed by atoms with Gasteiger partial charge in [-0.15, -0.1) is 0 Å². The fourth-order valence-electron chi connectivity index (χ4n) is 1.98. The van der Waals surface area contributed by atoms with Gasteiger partial charge in [-0.3, -0.25) is 5.32 Å². The zero-order valence-electron chi connectivity index (χ0n) is 10.7. The quantitative estimate of drug-likeness (QED) is 0.906. The third-order valence-corrected chi connectivity index (χ3v) is 2.94. The molecule has 2 rings (SSSR count). The Hall–Kier alpha value is -2.18. The maximum absolute atomic E-state index is 13.6. The molecule has 1 N–H and O–H groups in total. The molecule has 0 bridgehead atoms. The highest BCUT2D eigenvalue weighted by Crippen LogP contribution is 2.16. The van der Waals surface area contributed by atoms with E-state index in [0.29, 0.717) is 12.1 Å². The smallest absolute Gasteiger partial charge is 0.129 e. The molecular formula is C16H15FN2. The predicted molar refractivity (Wildman–Crippen MR) is 72.8 cm³/mol. The minimum atomic E-state index is -0.637. The minimum Gasteiger partial charge on any atom is -0.294 e. The third kappa shape index (κ3) is 3.40. The number of rotatable bonds is 4. The van der Waals surface area contributed by atoms with Gasteiger partial charge in [0.1, 0.15) is 11.9 Å². The first-order valence-electron chi connectivity index (χ1n) is 6.13. The highest BCUT2D eigenvalue weighted by molar-refractivity contribution is 5.27. The fourth-order valence-corrected chi connectivity index (χ4v) is 1.98. The van der Waals surface area contributed by atoms with Crippen molar-refractivity contribution < 1.29 is 4.39 Å². The van der Waals surface area contributed by atoms with E-state index in [1.165, 1.54) is 11.6 Å². The molecule has 0 saturated heterocycles. The maximum Gasteiger partial charge on any atom is 0.129 e. The number of nitrogens with one attached hydrogen (secondary N) is 1. The molecular weight excluding hydrogens is 239 g/mol. The van der Waals surface area contributed by atoms with Crippen molar-refractivity contribution in [2.45, 2.75) is 19.5 Å². The highest BCUT2D eigenvalue weighted by atomic mass is 19.1. The molecule has 0 heterocycles. The molecule has 0 saturated carbocycles. The summed E-state index contributed by atoms with van der Waals surface area (Å²) in [5.41, 5.74) is 2.63. The topological polar surface area (TPSA) is 35.8 Å². The average Bonchev–Trinajstić information content (AvgIpc) is 2.41. The minimum absolute atomic E-state index is 0.356. The van der Waals surface area contributed by atoms with E-state index in [1.807, 2.05) is 31.2 Å². The molecule has 0 spiro atoms. The van der Waals surface area contributed by atoms with Crippen LogP contribution in [0.4, 0.5) is 4.39 Å². The van der Waals surface area contributed by atoms with Crippen molar-refractivity contribution >= 4 is 0 Å². The Kier molecular flexibility index (Phi) is 4.27. The van der Waals surface area contributed by atoms with Crippen LogP contribution in [0.3, 0.4) is 0 Å². The molecule has 2 aromatic carbocycles. The van der Waals surface area contributed by atoms with Crippen LogP contribution in [0.15, 0.2) is 48.5 Å². The van der Waals surface area contributed by atoms with Crippen LogP contribution in [0, 0.1) is 24.1 Å². The van der Waals surface area contributed by atoms with Crippen LogP contribution in [-0.4, -0.2) is 0 Å². The number of aryl methyl sites for hydroxylation is 1. The molecule has 19 heavy (non-hydrogen) atoms. The lowest BCUT2D eigenvalue weighted by Crippen LogP contribution is -2.20. The largest absolute Gasteiger partial charge is 0.294 e.